The molecule has 2 aliphatic heterocycles. The predicted molar refractivity (Wildman–Crippen MR) is 98.1 cm³/mol. The predicted octanol–water partition coefficient (Wildman–Crippen LogP) is 1.76. The summed E-state index contributed by atoms with van der Waals surface area (Å²) < 4.78 is 29.4. The Labute approximate surface area is 165 Å². The van der Waals surface area contributed by atoms with Gasteiger partial charge in [0, 0.05) is 0 Å². The maximum absolute atomic E-state index is 13.6. The highest BCUT2D eigenvalue weighted by molar-refractivity contribution is 6.07. The lowest BCUT2D eigenvalue weighted by Crippen LogP contribution is -2.42. The van der Waals surface area contributed by atoms with Crippen LogP contribution in [0.5, 0.6) is 17.2 Å². The maximum Gasteiger partial charge on any atom is 0.325 e. The average molecular weight is 402 g/mol. The molecule has 29 heavy (non-hydrogen) atoms. The van der Waals surface area contributed by atoms with E-state index >= 15 is 0 Å². The highest BCUT2D eigenvalue weighted by Gasteiger charge is 2.49. The molecule has 8 nitrogen and oxygen atoms in total. The number of nitrogens with one attached hydrogen (secondary N) is 1. The van der Waals surface area contributed by atoms with Crippen LogP contribution in [-0.4, -0.2) is 48.0 Å². The lowest BCUT2D eigenvalue weighted by atomic mass is 9.91. The van der Waals surface area contributed by atoms with Crippen LogP contribution in [0, 0.1) is 5.82 Å². The van der Waals surface area contributed by atoms with Gasteiger partial charge in [-0.05, 0) is 36.8 Å². The Hall–Kier alpha value is -3.33. The van der Waals surface area contributed by atoms with Crippen molar-refractivity contribution in [3.63, 3.8) is 0 Å². The third-order valence-electron chi connectivity index (χ3n) is 4.89. The molecule has 0 unspecified atom stereocenters. The van der Waals surface area contributed by atoms with Crippen LogP contribution in [0.3, 0.4) is 0 Å². The molecular formula is C20H19FN2O6. The van der Waals surface area contributed by atoms with Gasteiger partial charge in [-0.2, -0.15) is 0 Å². The highest BCUT2D eigenvalue weighted by Crippen LogP contribution is 2.37. The van der Waals surface area contributed by atoms with Gasteiger partial charge in [0.1, 0.15) is 18.2 Å². The molecule has 0 saturated carbocycles. The lowest BCUT2D eigenvalue weighted by molar-refractivity contribution is -0.132. The summed E-state index contributed by atoms with van der Waals surface area (Å²) in [5.41, 5.74) is -0.788. The van der Waals surface area contributed by atoms with Crippen molar-refractivity contribution in [1.29, 1.82) is 0 Å². The zero-order chi connectivity index (χ0) is 20.6. The zero-order valence-corrected chi connectivity index (χ0v) is 15.6. The van der Waals surface area contributed by atoms with Gasteiger partial charge < -0.3 is 24.6 Å². The Bertz CT molecular complexity index is 968. The molecule has 0 spiro atoms. The molecule has 2 aliphatic rings. The van der Waals surface area contributed by atoms with Crippen molar-refractivity contribution in [1.82, 2.24) is 10.2 Å². The summed E-state index contributed by atoms with van der Waals surface area (Å²) in [4.78, 5) is 26.3. The van der Waals surface area contributed by atoms with E-state index in [0.717, 1.165) is 4.90 Å². The van der Waals surface area contributed by atoms with Crippen LogP contribution >= 0.6 is 0 Å². The highest BCUT2D eigenvalue weighted by atomic mass is 19.1. The van der Waals surface area contributed by atoms with E-state index < -0.39 is 29.4 Å². The van der Waals surface area contributed by atoms with Crippen molar-refractivity contribution in [2.45, 2.75) is 18.6 Å². The number of β-amino-alcohol motifs (C(OH)–C–C–N with tert-alkyl or cyclic N) is 1. The molecule has 2 aromatic carbocycles. The maximum atomic E-state index is 13.6. The number of benzene rings is 2. The average Bonchev–Trinajstić information content (AvgIpc) is 3.26. The Morgan fingerprint density at radius 2 is 2.00 bits per heavy atom. The van der Waals surface area contributed by atoms with Gasteiger partial charge in [0.2, 0.25) is 6.79 Å². The number of amides is 3. The zero-order valence-electron chi connectivity index (χ0n) is 15.6. The van der Waals surface area contributed by atoms with Crippen LogP contribution in [0.2, 0.25) is 0 Å². The third-order valence-corrected chi connectivity index (χ3v) is 4.89. The molecule has 2 aromatic rings. The van der Waals surface area contributed by atoms with Gasteiger partial charge in [-0.1, -0.05) is 18.2 Å². The number of aliphatic hydroxyl groups is 1. The molecule has 3 amide bonds. The van der Waals surface area contributed by atoms with Crippen LogP contribution in [0.25, 0.3) is 0 Å². The summed E-state index contributed by atoms with van der Waals surface area (Å²) in [6.45, 7) is 1.10. The van der Waals surface area contributed by atoms with Crippen LogP contribution in [0.4, 0.5) is 9.18 Å². The summed E-state index contributed by atoms with van der Waals surface area (Å²) in [7, 11) is 0. The van der Waals surface area contributed by atoms with Crippen molar-refractivity contribution in [2.24, 2.45) is 0 Å². The number of halogens is 1. The molecule has 2 atom stereocenters. The number of hydrogen-bond acceptors (Lipinski definition) is 6. The van der Waals surface area contributed by atoms with Gasteiger partial charge in [0.25, 0.3) is 5.91 Å². The number of hydrogen-bond donors (Lipinski definition) is 2. The topological polar surface area (TPSA) is 97.3 Å². The van der Waals surface area contributed by atoms with Gasteiger partial charge in [0.05, 0.1) is 6.54 Å². The van der Waals surface area contributed by atoms with Crippen LogP contribution in [0.15, 0.2) is 42.5 Å². The number of urea groups is 1. The first-order valence-corrected chi connectivity index (χ1v) is 8.98. The number of carbonyl (C=O) groups excluding carboxylic acids is 2. The Morgan fingerprint density at radius 3 is 2.79 bits per heavy atom. The van der Waals surface area contributed by atoms with E-state index in [1.807, 2.05) is 0 Å². The van der Waals surface area contributed by atoms with Crippen molar-refractivity contribution in [3.05, 3.63) is 53.8 Å². The van der Waals surface area contributed by atoms with Crippen molar-refractivity contribution in [3.8, 4) is 17.2 Å². The molecule has 0 aromatic heterocycles. The number of imide groups is 1. The van der Waals surface area contributed by atoms with E-state index in [1.54, 1.807) is 31.2 Å². The molecule has 2 N–H and O–H groups in total. The monoisotopic (exact) mass is 402 g/mol. The molecule has 1 saturated heterocycles. The Kier molecular flexibility index (Phi) is 4.75. The number of rotatable bonds is 6. The molecular weight excluding hydrogens is 383 g/mol. The summed E-state index contributed by atoms with van der Waals surface area (Å²) >= 11 is 0. The second-order valence-corrected chi connectivity index (χ2v) is 6.93. The molecule has 2 heterocycles. The quantitative estimate of drug-likeness (QED) is 0.715. The minimum atomic E-state index is -1.32. The van der Waals surface area contributed by atoms with Crippen molar-refractivity contribution >= 4 is 11.9 Å². The largest absolute Gasteiger partial charge is 0.488 e. The van der Waals surface area contributed by atoms with Crippen LogP contribution in [-0.2, 0) is 10.3 Å². The minimum absolute atomic E-state index is 0.0195. The van der Waals surface area contributed by atoms with E-state index in [1.165, 1.54) is 18.2 Å². The van der Waals surface area contributed by atoms with Crippen LogP contribution in [0.1, 0.15) is 12.5 Å². The molecule has 0 aliphatic carbocycles. The Balaban J connectivity index is 1.44. The van der Waals surface area contributed by atoms with Gasteiger partial charge >= 0.3 is 6.03 Å². The fourth-order valence-corrected chi connectivity index (χ4v) is 3.28. The first-order valence-electron chi connectivity index (χ1n) is 8.98. The van der Waals surface area contributed by atoms with Crippen LogP contribution < -0.4 is 19.5 Å². The first kappa shape index (κ1) is 19.0. The minimum Gasteiger partial charge on any atom is -0.488 e. The molecule has 4 rings (SSSR count). The molecule has 0 bridgehead atoms. The number of aliphatic hydroxyl groups excluding tert-OH is 1. The summed E-state index contributed by atoms with van der Waals surface area (Å²) in [5, 5.41) is 12.9. The summed E-state index contributed by atoms with van der Waals surface area (Å²) in [5.74, 6) is -0.0560. The third kappa shape index (κ3) is 3.44. The second kappa shape index (κ2) is 7.25. The van der Waals surface area contributed by atoms with E-state index in [2.05, 4.69) is 5.32 Å². The van der Waals surface area contributed by atoms with Gasteiger partial charge in [0.15, 0.2) is 23.1 Å². The lowest BCUT2D eigenvalue weighted by Gasteiger charge is -2.23. The number of carbonyl (C=O) groups is 2. The summed E-state index contributed by atoms with van der Waals surface area (Å²) in [6, 6.07) is 10.1. The second-order valence-electron chi connectivity index (χ2n) is 6.93. The SMILES string of the molecule is C[C@@]1(c2ccc3c(c2)OCO3)NC(=O)N(C[C@@H](O)COc2ccccc2F)C1=O. The fraction of sp³-hybridized carbons (Fsp3) is 0.300. The van der Waals surface area contributed by atoms with Gasteiger partial charge in [-0.25, -0.2) is 9.18 Å². The first-order chi connectivity index (χ1) is 13.9. The standard InChI is InChI=1S/C20H19FN2O6/c1-20(12-6-7-16-17(8-12)29-11-28-16)18(25)23(19(26)22-20)9-13(24)10-27-15-5-3-2-4-14(15)21/h2-8,13,24H,9-11H2,1H3,(H,22,26)/t13-,20+/m1/s1. The number of ether oxygens (including phenoxy) is 3. The van der Waals surface area contributed by atoms with E-state index in [9.17, 15) is 19.1 Å². The number of nitrogens with zero attached hydrogens (tertiary/aromatic N) is 1. The molecule has 9 heteroatoms. The van der Waals surface area contributed by atoms with Gasteiger partial charge in [-0.15, -0.1) is 0 Å². The molecule has 152 valence electrons. The summed E-state index contributed by atoms with van der Waals surface area (Å²) in [6.07, 6.45) is -1.19. The van der Waals surface area contributed by atoms with Crippen molar-refractivity contribution < 1.29 is 33.3 Å². The fourth-order valence-electron chi connectivity index (χ4n) is 3.28. The van der Waals surface area contributed by atoms with E-state index in [4.69, 9.17) is 14.2 Å². The number of para-hydroxylation sites is 1. The molecule has 0 radical (unpaired) electrons. The van der Waals surface area contributed by atoms with Gasteiger partial charge in [-0.3, -0.25) is 9.69 Å². The smallest absolute Gasteiger partial charge is 0.325 e. The Morgan fingerprint density at radius 1 is 1.24 bits per heavy atom. The number of fused-ring (bicyclic) bond motifs is 1. The molecule has 1 fully saturated rings. The van der Waals surface area contributed by atoms with Crippen molar-refractivity contribution in [2.75, 3.05) is 19.9 Å². The normalized spacial score (nSPS) is 21.3. The van der Waals surface area contributed by atoms with E-state index in [0.29, 0.717) is 17.1 Å². The van der Waals surface area contributed by atoms with E-state index in [-0.39, 0.29) is 25.7 Å².